The zero-order chi connectivity index (χ0) is 13.9. The molecule has 3 nitrogen and oxygen atoms in total. The van der Waals surface area contributed by atoms with Crippen molar-refractivity contribution in [2.75, 3.05) is 0 Å². The Balaban J connectivity index is 1.91. The summed E-state index contributed by atoms with van der Waals surface area (Å²) in [6.07, 6.45) is 5.11. The minimum atomic E-state index is 0.0135. The topological polar surface area (TPSA) is 42.4 Å². The van der Waals surface area contributed by atoms with Gasteiger partial charge in [0.25, 0.3) is 0 Å². The summed E-state index contributed by atoms with van der Waals surface area (Å²) in [6.45, 7) is 2.26. The summed E-state index contributed by atoms with van der Waals surface area (Å²) in [5, 5.41) is 10.5. The number of benzene rings is 1. The highest BCUT2D eigenvalue weighted by Gasteiger charge is 2.23. The Morgan fingerprint density at radius 3 is 2.85 bits per heavy atom. The lowest BCUT2D eigenvalue weighted by atomic mass is 9.88. The Labute approximate surface area is 119 Å². The molecular formula is C17H21NO2. The molecule has 1 aliphatic carbocycles. The van der Waals surface area contributed by atoms with E-state index in [1.165, 1.54) is 19.3 Å². The van der Waals surface area contributed by atoms with Crippen LogP contribution in [-0.4, -0.2) is 16.2 Å². The van der Waals surface area contributed by atoms with Gasteiger partial charge in [-0.15, -0.1) is 0 Å². The van der Waals surface area contributed by atoms with E-state index in [0.717, 1.165) is 22.9 Å². The molecule has 0 spiro atoms. The van der Waals surface area contributed by atoms with Crippen LogP contribution in [0.5, 0.6) is 5.88 Å². The number of hydrogen-bond donors (Lipinski definition) is 1. The molecule has 2 atom stereocenters. The predicted octanol–water partition coefficient (Wildman–Crippen LogP) is 3.68. The molecule has 1 aromatic heterocycles. The van der Waals surface area contributed by atoms with E-state index in [9.17, 15) is 5.11 Å². The third kappa shape index (κ3) is 2.63. The lowest BCUT2D eigenvalue weighted by Crippen LogP contribution is -2.28. The molecule has 3 heteroatoms. The van der Waals surface area contributed by atoms with Gasteiger partial charge in [-0.1, -0.05) is 31.5 Å². The quantitative estimate of drug-likeness (QED) is 0.926. The van der Waals surface area contributed by atoms with E-state index < -0.39 is 0 Å². The van der Waals surface area contributed by atoms with Crippen molar-refractivity contribution in [3.05, 3.63) is 35.9 Å². The second-order valence-electron chi connectivity index (χ2n) is 5.71. The van der Waals surface area contributed by atoms with Crippen molar-refractivity contribution in [1.82, 2.24) is 4.98 Å². The van der Waals surface area contributed by atoms with Gasteiger partial charge < -0.3 is 9.84 Å². The SMILES string of the molecule is CC1CCCCC1Oc1cc(CO)c2ccccc2n1. The number of rotatable bonds is 3. The summed E-state index contributed by atoms with van der Waals surface area (Å²) in [5.41, 5.74) is 1.77. The normalized spacial score (nSPS) is 22.9. The molecule has 1 aliphatic rings. The summed E-state index contributed by atoms with van der Waals surface area (Å²) >= 11 is 0. The minimum Gasteiger partial charge on any atom is -0.474 e. The van der Waals surface area contributed by atoms with Gasteiger partial charge in [0.15, 0.2) is 0 Å². The minimum absolute atomic E-state index is 0.0135. The molecule has 1 heterocycles. The third-order valence-corrected chi connectivity index (χ3v) is 4.25. The first-order valence-corrected chi connectivity index (χ1v) is 7.44. The van der Waals surface area contributed by atoms with Crippen molar-refractivity contribution < 1.29 is 9.84 Å². The van der Waals surface area contributed by atoms with Crippen molar-refractivity contribution in [2.24, 2.45) is 5.92 Å². The van der Waals surface area contributed by atoms with Crippen molar-refractivity contribution in [1.29, 1.82) is 0 Å². The number of aromatic nitrogens is 1. The van der Waals surface area contributed by atoms with Crippen LogP contribution in [-0.2, 0) is 6.61 Å². The van der Waals surface area contributed by atoms with Crippen LogP contribution in [0, 0.1) is 5.92 Å². The summed E-state index contributed by atoms with van der Waals surface area (Å²) in [4.78, 5) is 4.58. The average Bonchev–Trinajstić information content (AvgIpc) is 2.49. The highest BCUT2D eigenvalue weighted by atomic mass is 16.5. The van der Waals surface area contributed by atoms with Crippen LogP contribution in [0.2, 0.25) is 0 Å². The monoisotopic (exact) mass is 271 g/mol. The molecule has 20 heavy (non-hydrogen) atoms. The summed E-state index contributed by atoms with van der Waals surface area (Å²) in [7, 11) is 0. The van der Waals surface area contributed by atoms with Gasteiger partial charge in [0.05, 0.1) is 12.1 Å². The maximum Gasteiger partial charge on any atom is 0.214 e. The molecule has 106 valence electrons. The molecule has 1 fully saturated rings. The van der Waals surface area contributed by atoms with Gasteiger partial charge in [-0.05, 0) is 36.8 Å². The summed E-state index contributed by atoms with van der Waals surface area (Å²) in [6, 6.07) is 9.76. The van der Waals surface area contributed by atoms with Crippen molar-refractivity contribution >= 4 is 10.9 Å². The van der Waals surface area contributed by atoms with Crippen LogP contribution < -0.4 is 4.74 Å². The molecule has 0 bridgehead atoms. The Hall–Kier alpha value is -1.61. The molecule has 0 radical (unpaired) electrons. The van der Waals surface area contributed by atoms with Crippen LogP contribution in [0.1, 0.15) is 38.2 Å². The Morgan fingerprint density at radius 1 is 1.25 bits per heavy atom. The molecule has 2 aromatic rings. The second kappa shape index (κ2) is 5.80. The summed E-state index contributed by atoms with van der Waals surface area (Å²) < 4.78 is 6.10. The van der Waals surface area contributed by atoms with Crippen LogP contribution >= 0.6 is 0 Å². The van der Waals surface area contributed by atoms with Crippen molar-refractivity contribution in [3.63, 3.8) is 0 Å². The largest absolute Gasteiger partial charge is 0.474 e. The average molecular weight is 271 g/mol. The molecule has 0 amide bonds. The van der Waals surface area contributed by atoms with Crippen LogP contribution in [0.15, 0.2) is 30.3 Å². The molecule has 0 aliphatic heterocycles. The zero-order valence-corrected chi connectivity index (χ0v) is 11.9. The first kappa shape index (κ1) is 13.4. The van der Waals surface area contributed by atoms with E-state index in [-0.39, 0.29) is 12.7 Å². The van der Waals surface area contributed by atoms with E-state index in [4.69, 9.17) is 4.74 Å². The van der Waals surface area contributed by atoms with Gasteiger partial charge in [-0.25, -0.2) is 4.98 Å². The first-order chi connectivity index (χ1) is 9.78. The van der Waals surface area contributed by atoms with Gasteiger partial charge in [-0.2, -0.15) is 0 Å². The molecule has 1 aromatic carbocycles. The fourth-order valence-corrected chi connectivity index (χ4v) is 3.02. The van der Waals surface area contributed by atoms with E-state index in [2.05, 4.69) is 11.9 Å². The van der Waals surface area contributed by atoms with E-state index >= 15 is 0 Å². The second-order valence-corrected chi connectivity index (χ2v) is 5.71. The zero-order valence-electron chi connectivity index (χ0n) is 11.9. The van der Waals surface area contributed by atoms with E-state index in [1.807, 2.05) is 30.3 Å². The maximum atomic E-state index is 9.53. The first-order valence-electron chi connectivity index (χ1n) is 7.44. The Morgan fingerprint density at radius 2 is 2.05 bits per heavy atom. The molecule has 0 saturated heterocycles. The number of aliphatic hydroxyl groups excluding tert-OH is 1. The lowest BCUT2D eigenvalue weighted by Gasteiger charge is -2.29. The lowest BCUT2D eigenvalue weighted by molar-refractivity contribution is 0.0977. The number of para-hydroxylation sites is 1. The summed E-state index contributed by atoms with van der Waals surface area (Å²) in [5.74, 6) is 1.22. The van der Waals surface area contributed by atoms with Gasteiger partial charge in [-0.3, -0.25) is 0 Å². The van der Waals surface area contributed by atoms with Crippen molar-refractivity contribution in [2.45, 2.75) is 45.3 Å². The van der Waals surface area contributed by atoms with Gasteiger partial charge in [0.1, 0.15) is 6.10 Å². The van der Waals surface area contributed by atoms with Crippen LogP contribution in [0.3, 0.4) is 0 Å². The molecular weight excluding hydrogens is 250 g/mol. The number of nitrogens with zero attached hydrogens (tertiary/aromatic N) is 1. The van der Waals surface area contributed by atoms with Gasteiger partial charge in [0.2, 0.25) is 5.88 Å². The number of hydrogen-bond acceptors (Lipinski definition) is 3. The number of aliphatic hydroxyl groups is 1. The molecule has 1 saturated carbocycles. The number of fused-ring (bicyclic) bond motifs is 1. The fraction of sp³-hybridized carbons (Fsp3) is 0.471. The smallest absolute Gasteiger partial charge is 0.214 e. The van der Waals surface area contributed by atoms with E-state index in [0.29, 0.717) is 11.8 Å². The van der Waals surface area contributed by atoms with Crippen LogP contribution in [0.4, 0.5) is 0 Å². The highest BCUT2D eigenvalue weighted by Crippen LogP contribution is 2.29. The molecule has 1 N–H and O–H groups in total. The Kier molecular flexibility index (Phi) is 3.88. The molecule has 3 rings (SSSR count). The van der Waals surface area contributed by atoms with Gasteiger partial charge in [0, 0.05) is 11.5 Å². The standard InChI is InChI=1S/C17H21NO2/c1-12-6-2-5-9-16(12)20-17-10-13(11-19)14-7-3-4-8-15(14)18-17/h3-4,7-8,10,12,16,19H,2,5-6,9,11H2,1H3. The number of pyridine rings is 1. The predicted molar refractivity (Wildman–Crippen MR) is 79.7 cm³/mol. The van der Waals surface area contributed by atoms with Gasteiger partial charge >= 0.3 is 0 Å². The Bertz CT molecular complexity index is 597. The molecule has 2 unspecified atom stereocenters. The fourth-order valence-electron chi connectivity index (χ4n) is 3.02. The van der Waals surface area contributed by atoms with Crippen LogP contribution in [0.25, 0.3) is 10.9 Å². The maximum absolute atomic E-state index is 9.53. The van der Waals surface area contributed by atoms with Crippen molar-refractivity contribution in [3.8, 4) is 5.88 Å². The van der Waals surface area contributed by atoms with E-state index in [1.54, 1.807) is 0 Å². The number of ether oxygens (including phenoxy) is 1. The highest BCUT2D eigenvalue weighted by molar-refractivity contribution is 5.82. The third-order valence-electron chi connectivity index (χ3n) is 4.25.